The van der Waals surface area contributed by atoms with Crippen LogP contribution in [0.3, 0.4) is 0 Å². The molecule has 0 bridgehead atoms. The Morgan fingerprint density at radius 1 is 1.07 bits per heavy atom. The minimum Gasteiger partial charge on any atom is -0.497 e. The molecule has 0 radical (unpaired) electrons. The third-order valence-electron chi connectivity index (χ3n) is 4.68. The molecule has 0 saturated carbocycles. The van der Waals surface area contributed by atoms with Gasteiger partial charge in [0.15, 0.2) is 0 Å². The zero-order chi connectivity index (χ0) is 19.6. The second-order valence-electron chi connectivity index (χ2n) is 6.81. The molecular weight excluding hydrogens is 344 g/mol. The van der Waals surface area contributed by atoms with E-state index in [1.54, 1.807) is 30.2 Å². The first-order valence-corrected chi connectivity index (χ1v) is 8.83. The number of nitrogens with one attached hydrogen (secondary N) is 1. The Morgan fingerprint density at radius 3 is 2.41 bits per heavy atom. The molecule has 1 saturated heterocycles. The number of amides is 2. The molecule has 2 aromatic rings. The van der Waals surface area contributed by atoms with E-state index in [0.717, 1.165) is 16.8 Å². The Morgan fingerprint density at radius 2 is 1.78 bits per heavy atom. The zero-order valence-electron chi connectivity index (χ0n) is 16.0. The molecule has 0 aromatic heterocycles. The van der Waals surface area contributed by atoms with E-state index < -0.39 is 5.92 Å². The first-order chi connectivity index (χ1) is 12.9. The van der Waals surface area contributed by atoms with Gasteiger partial charge in [-0.3, -0.25) is 9.59 Å². The molecule has 6 heteroatoms. The Balaban J connectivity index is 1.74. The molecule has 1 heterocycles. The second kappa shape index (κ2) is 7.70. The molecule has 1 fully saturated rings. The van der Waals surface area contributed by atoms with E-state index in [4.69, 9.17) is 9.47 Å². The summed E-state index contributed by atoms with van der Waals surface area (Å²) in [6.45, 7) is 4.36. The van der Waals surface area contributed by atoms with Gasteiger partial charge in [-0.15, -0.1) is 0 Å². The molecule has 0 unspecified atom stereocenters. The third kappa shape index (κ3) is 4.05. The summed E-state index contributed by atoms with van der Waals surface area (Å²) in [5.74, 6) is 0.505. The molecule has 1 atom stereocenters. The van der Waals surface area contributed by atoms with Crippen LogP contribution >= 0.6 is 0 Å². The highest BCUT2D eigenvalue weighted by molar-refractivity contribution is 6.04. The van der Waals surface area contributed by atoms with Crippen LogP contribution in [0.2, 0.25) is 0 Å². The Hall–Kier alpha value is -3.02. The summed E-state index contributed by atoms with van der Waals surface area (Å²) in [7, 11) is 3.10. The lowest BCUT2D eigenvalue weighted by Crippen LogP contribution is -2.28. The molecule has 27 heavy (non-hydrogen) atoms. The smallest absolute Gasteiger partial charge is 0.229 e. The molecule has 6 nitrogen and oxygen atoms in total. The second-order valence-corrected chi connectivity index (χ2v) is 6.81. The number of ether oxygens (including phenoxy) is 2. The molecular formula is C21H24N2O4. The van der Waals surface area contributed by atoms with Crippen LogP contribution < -0.4 is 19.7 Å². The van der Waals surface area contributed by atoms with Crippen molar-refractivity contribution in [2.45, 2.75) is 20.3 Å². The van der Waals surface area contributed by atoms with Crippen LogP contribution in [-0.4, -0.2) is 32.6 Å². The molecule has 2 aromatic carbocycles. The van der Waals surface area contributed by atoms with Gasteiger partial charge in [0, 0.05) is 24.7 Å². The number of carbonyl (C=O) groups is 2. The van der Waals surface area contributed by atoms with Crippen LogP contribution in [0, 0.1) is 19.8 Å². The first kappa shape index (κ1) is 18.8. The van der Waals surface area contributed by atoms with Crippen molar-refractivity contribution < 1.29 is 19.1 Å². The standard InChI is InChI=1S/C21H24N2O4/c1-13-7-14(2)9-16(8-13)23-12-15(10-20(23)24)21(25)22-18-6-5-17(26-3)11-19(18)27-4/h5-9,11,15H,10,12H2,1-4H3,(H,22,25)/t15-/m1/s1. The summed E-state index contributed by atoms with van der Waals surface area (Å²) < 4.78 is 10.5. The molecule has 0 aliphatic carbocycles. The van der Waals surface area contributed by atoms with Crippen molar-refractivity contribution >= 4 is 23.2 Å². The summed E-state index contributed by atoms with van der Waals surface area (Å²) >= 11 is 0. The van der Waals surface area contributed by atoms with Gasteiger partial charge in [-0.2, -0.15) is 0 Å². The van der Waals surface area contributed by atoms with E-state index in [1.165, 1.54) is 7.11 Å². The van der Waals surface area contributed by atoms with Gasteiger partial charge < -0.3 is 19.7 Å². The molecule has 1 aliphatic rings. The lowest BCUT2D eigenvalue weighted by molar-refractivity contribution is -0.122. The van der Waals surface area contributed by atoms with E-state index in [1.807, 2.05) is 26.0 Å². The van der Waals surface area contributed by atoms with Crippen LogP contribution in [0.15, 0.2) is 36.4 Å². The monoisotopic (exact) mass is 368 g/mol. The van der Waals surface area contributed by atoms with Crippen molar-refractivity contribution in [3.05, 3.63) is 47.5 Å². The minimum atomic E-state index is -0.412. The number of hydrogen-bond acceptors (Lipinski definition) is 4. The number of methoxy groups -OCH3 is 2. The predicted molar refractivity (Wildman–Crippen MR) is 105 cm³/mol. The van der Waals surface area contributed by atoms with Crippen molar-refractivity contribution in [2.24, 2.45) is 5.92 Å². The number of benzene rings is 2. The van der Waals surface area contributed by atoms with E-state index >= 15 is 0 Å². The van der Waals surface area contributed by atoms with Gasteiger partial charge in [-0.25, -0.2) is 0 Å². The van der Waals surface area contributed by atoms with Gasteiger partial charge in [-0.1, -0.05) is 6.07 Å². The van der Waals surface area contributed by atoms with E-state index in [9.17, 15) is 9.59 Å². The quantitative estimate of drug-likeness (QED) is 0.879. The molecule has 1 aliphatic heterocycles. The maximum atomic E-state index is 12.7. The van der Waals surface area contributed by atoms with Crippen molar-refractivity contribution in [1.82, 2.24) is 0 Å². The third-order valence-corrected chi connectivity index (χ3v) is 4.68. The van der Waals surface area contributed by atoms with Crippen molar-refractivity contribution in [3.63, 3.8) is 0 Å². The zero-order valence-corrected chi connectivity index (χ0v) is 16.0. The highest BCUT2D eigenvalue weighted by atomic mass is 16.5. The molecule has 2 amide bonds. The minimum absolute atomic E-state index is 0.0400. The van der Waals surface area contributed by atoms with E-state index in [-0.39, 0.29) is 18.2 Å². The fourth-order valence-electron chi connectivity index (χ4n) is 3.38. The van der Waals surface area contributed by atoms with Crippen LogP contribution in [0.4, 0.5) is 11.4 Å². The van der Waals surface area contributed by atoms with Crippen LogP contribution in [-0.2, 0) is 9.59 Å². The summed E-state index contributed by atoms with van der Waals surface area (Å²) in [5, 5.41) is 2.87. The maximum absolute atomic E-state index is 12.7. The van der Waals surface area contributed by atoms with Gasteiger partial charge in [0.05, 0.1) is 25.8 Å². The van der Waals surface area contributed by atoms with Crippen molar-refractivity contribution in [1.29, 1.82) is 0 Å². The van der Waals surface area contributed by atoms with Crippen molar-refractivity contribution in [2.75, 3.05) is 31.0 Å². The highest BCUT2D eigenvalue weighted by Crippen LogP contribution is 2.31. The van der Waals surface area contributed by atoms with Crippen LogP contribution in [0.5, 0.6) is 11.5 Å². The fourth-order valence-corrected chi connectivity index (χ4v) is 3.38. The number of aryl methyl sites for hydroxylation is 2. The Bertz CT molecular complexity index is 858. The number of nitrogens with zero attached hydrogens (tertiary/aromatic N) is 1. The number of rotatable bonds is 5. The van der Waals surface area contributed by atoms with Gasteiger partial charge in [0.25, 0.3) is 0 Å². The lowest BCUT2D eigenvalue weighted by atomic mass is 10.1. The normalized spacial score (nSPS) is 16.4. The fraction of sp³-hybridized carbons (Fsp3) is 0.333. The molecule has 142 valence electrons. The average molecular weight is 368 g/mol. The molecule has 0 spiro atoms. The van der Waals surface area contributed by atoms with Gasteiger partial charge >= 0.3 is 0 Å². The van der Waals surface area contributed by atoms with Gasteiger partial charge in [0.1, 0.15) is 11.5 Å². The lowest BCUT2D eigenvalue weighted by Gasteiger charge is -2.18. The van der Waals surface area contributed by atoms with Gasteiger partial charge in [-0.05, 0) is 49.2 Å². The Labute approximate surface area is 159 Å². The highest BCUT2D eigenvalue weighted by Gasteiger charge is 2.35. The van der Waals surface area contributed by atoms with Gasteiger partial charge in [0.2, 0.25) is 11.8 Å². The maximum Gasteiger partial charge on any atom is 0.229 e. The molecule has 3 rings (SSSR count). The van der Waals surface area contributed by atoms with Crippen molar-refractivity contribution in [3.8, 4) is 11.5 Å². The summed E-state index contributed by atoms with van der Waals surface area (Å²) in [6, 6.07) is 11.2. The summed E-state index contributed by atoms with van der Waals surface area (Å²) in [5.41, 5.74) is 3.58. The number of anilines is 2. The SMILES string of the molecule is COc1ccc(NC(=O)[C@@H]2CC(=O)N(c3cc(C)cc(C)c3)C2)c(OC)c1. The summed E-state index contributed by atoms with van der Waals surface area (Å²) in [4.78, 5) is 26.9. The van der Waals surface area contributed by atoms with E-state index in [2.05, 4.69) is 11.4 Å². The largest absolute Gasteiger partial charge is 0.497 e. The number of carbonyl (C=O) groups excluding carboxylic acids is 2. The summed E-state index contributed by atoms with van der Waals surface area (Å²) in [6.07, 6.45) is 0.192. The topological polar surface area (TPSA) is 67.9 Å². The Kier molecular flexibility index (Phi) is 5.35. The molecule has 1 N–H and O–H groups in total. The van der Waals surface area contributed by atoms with E-state index in [0.29, 0.717) is 23.7 Å². The predicted octanol–water partition coefficient (Wildman–Crippen LogP) is 3.31. The van der Waals surface area contributed by atoms with Crippen LogP contribution in [0.25, 0.3) is 0 Å². The average Bonchev–Trinajstić information content (AvgIpc) is 3.03. The van der Waals surface area contributed by atoms with Crippen LogP contribution in [0.1, 0.15) is 17.5 Å². The number of hydrogen-bond donors (Lipinski definition) is 1. The first-order valence-electron chi connectivity index (χ1n) is 8.83.